The fourth-order valence-corrected chi connectivity index (χ4v) is 0.688. The first-order chi connectivity index (χ1) is 4.33. The van der Waals surface area contributed by atoms with E-state index >= 15 is 0 Å². The lowest BCUT2D eigenvalue weighted by Crippen LogP contribution is -2.28. The van der Waals surface area contributed by atoms with Gasteiger partial charge in [-0.3, -0.25) is 4.79 Å². The zero-order valence-electron chi connectivity index (χ0n) is 5.26. The van der Waals surface area contributed by atoms with E-state index in [1.807, 2.05) is 6.92 Å². The molecule has 0 bridgehead atoms. The largest absolute Gasteiger partial charge is 0.355 e. The van der Waals surface area contributed by atoms with Gasteiger partial charge in [0, 0.05) is 12.7 Å². The molecule has 0 fully saturated rings. The van der Waals surface area contributed by atoms with Crippen LogP contribution in [0.15, 0.2) is 12.2 Å². The van der Waals surface area contributed by atoms with Gasteiger partial charge in [0.15, 0.2) is 0 Å². The van der Waals surface area contributed by atoms with Gasteiger partial charge in [-0.15, -0.1) is 0 Å². The van der Waals surface area contributed by atoms with Crippen LogP contribution in [0.3, 0.4) is 0 Å². The molecule has 3 heteroatoms. The zero-order valence-corrected chi connectivity index (χ0v) is 5.26. The average Bonchev–Trinajstić information content (AvgIpc) is 2.17. The highest BCUT2D eigenvalue weighted by molar-refractivity contribution is 5.90. The maximum Gasteiger partial charge on any atom is 0.246 e. The van der Waals surface area contributed by atoms with Gasteiger partial charge in [-0.05, 0) is 13.0 Å². The Kier molecular flexibility index (Phi) is 1.85. The molecule has 3 nitrogen and oxygen atoms in total. The van der Waals surface area contributed by atoms with Crippen molar-refractivity contribution in [3.63, 3.8) is 0 Å². The van der Waals surface area contributed by atoms with Crippen molar-refractivity contribution >= 4 is 5.91 Å². The van der Waals surface area contributed by atoms with Crippen LogP contribution >= 0.6 is 0 Å². The molecular weight excluding hydrogens is 118 g/mol. The minimum Gasteiger partial charge on any atom is -0.355 e. The second kappa shape index (κ2) is 2.64. The van der Waals surface area contributed by atoms with Crippen LogP contribution in [0, 0.1) is 0 Å². The number of hydrogen-bond donors (Lipinski definition) is 1. The second-order valence-electron chi connectivity index (χ2n) is 1.74. The van der Waals surface area contributed by atoms with Gasteiger partial charge in [-0.1, -0.05) is 0 Å². The van der Waals surface area contributed by atoms with Crippen LogP contribution in [0.1, 0.15) is 6.92 Å². The third-order valence-corrected chi connectivity index (χ3v) is 1.05. The molecule has 0 saturated carbocycles. The number of rotatable bonds is 2. The molecule has 1 N–H and O–H groups in total. The van der Waals surface area contributed by atoms with Gasteiger partial charge in [0.05, 0.1) is 0 Å². The minimum absolute atomic E-state index is 0.0755. The van der Waals surface area contributed by atoms with Crippen LogP contribution in [0.5, 0.6) is 0 Å². The predicted molar refractivity (Wildman–Crippen MR) is 32.7 cm³/mol. The Bertz CT molecular complexity index is 142. The van der Waals surface area contributed by atoms with Crippen LogP contribution in [0.2, 0.25) is 0 Å². The molecule has 50 valence electrons. The van der Waals surface area contributed by atoms with Crippen LogP contribution in [0.25, 0.3) is 0 Å². The molecule has 1 rings (SSSR count). The van der Waals surface area contributed by atoms with Crippen LogP contribution in [-0.4, -0.2) is 18.7 Å². The minimum atomic E-state index is -0.192. The smallest absolute Gasteiger partial charge is 0.246 e. The first-order valence-corrected chi connectivity index (χ1v) is 2.93. The van der Waals surface area contributed by atoms with Crippen molar-refractivity contribution in [1.29, 1.82) is 0 Å². The van der Waals surface area contributed by atoms with E-state index in [0.29, 0.717) is 6.61 Å². The molecule has 0 saturated heterocycles. The first-order valence-electron chi connectivity index (χ1n) is 2.93. The van der Waals surface area contributed by atoms with Gasteiger partial charge in [0.25, 0.3) is 0 Å². The van der Waals surface area contributed by atoms with E-state index in [9.17, 15) is 4.79 Å². The molecule has 0 aromatic carbocycles. The van der Waals surface area contributed by atoms with Gasteiger partial charge in [0.2, 0.25) is 5.91 Å². The van der Waals surface area contributed by atoms with Crippen LogP contribution < -0.4 is 5.32 Å². The molecule has 0 aromatic rings. The van der Waals surface area contributed by atoms with E-state index < -0.39 is 0 Å². The van der Waals surface area contributed by atoms with Crippen LogP contribution in [0.4, 0.5) is 0 Å². The number of hydrogen-bond acceptors (Lipinski definition) is 2. The summed E-state index contributed by atoms with van der Waals surface area (Å²) in [5.41, 5.74) is 0. The summed E-state index contributed by atoms with van der Waals surface area (Å²) in [6, 6.07) is 0. The molecule has 1 atom stereocenters. The number of carbonyl (C=O) groups excluding carboxylic acids is 1. The molecular formula is C6H9NO2. The highest BCUT2D eigenvalue weighted by Crippen LogP contribution is 1.96. The van der Waals surface area contributed by atoms with E-state index in [1.54, 1.807) is 6.08 Å². The molecule has 1 unspecified atom stereocenters. The number of nitrogens with one attached hydrogen (secondary N) is 1. The quantitative estimate of drug-likeness (QED) is 0.568. The lowest BCUT2D eigenvalue weighted by atomic mass is 10.5. The van der Waals surface area contributed by atoms with Gasteiger partial charge in [-0.2, -0.15) is 0 Å². The highest BCUT2D eigenvalue weighted by Gasteiger charge is 2.12. The summed E-state index contributed by atoms with van der Waals surface area (Å²) in [6.07, 6.45) is 2.98. The zero-order chi connectivity index (χ0) is 6.69. The molecule has 9 heavy (non-hydrogen) atoms. The summed E-state index contributed by atoms with van der Waals surface area (Å²) in [5, 5.41) is 2.58. The van der Waals surface area contributed by atoms with Gasteiger partial charge < -0.3 is 10.1 Å². The predicted octanol–water partition coefficient (Wildman–Crippen LogP) is 0.0350. The molecule has 1 amide bonds. The van der Waals surface area contributed by atoms with Gasteiger partial charge in [0.1, 0.15) is 6.23 Å². The number of carbonyl (C=O) groups is 1. The summed E-state index contributed by atoms with van der Waals surface area (Å²) >= 11 is 0. The lowest BCUT2D eigenvalue weighted by molar-refractivity contribution is -0.118. The Labute approximate surface area is 53.7 Å². The first kappa shape index (κ1) is 6.29. The van der Waals surface area contributed by atoms with Gasteiger partial charge in [-0.25, -0.2) is 0 Å². The van der Waals surface area contributed by atoms with Crippen molar-refractivity contribution < 1.29 is 9.53 Å². The standard InChI is InChI=1S/C6H9NO2/c1-2-9-6-4-3-5(8)7-6/h3-4,6H,2H2,1H3,(H,7,8). The third-order valence-electron chi connectivity index (χ3n) is 1.05. The molecule has 0 spiro atoms. The van der Waals surface area contributed by atoms with Crippen molar-refractivity contribution in [2.24, 2.45) is 0 Å². The lowest BCUT2D eigenvalue weighted by Gasteiger charge is -2.06. The normalized spacial score (nSPS) is 24.6. The van der Waals surface area contributed by atoms with Crippen molar-refractivity contribution in [3.05, 3.63) is 12.2 Å². The van der Waals surface area contributed by atoms with Crippen molar-refractivity contribution in [3.8, 4) is 0 Å². The molecule has 0 aliphatic carbocycles. The third kappa shape index (κ3) is 1.54. The SMILES string of the molecule is CCOC1C=CC(=O)N1. The van der Waals surface area contributed by atoms with E-state index in [1.165, 1.54) is 6.08 Å². The maximum atomic E-state index is 10.5. The molecule has 1 heterocycles. The average molecular weight is 127 g/mol. The summed E-state index contributed by atoms with van der Waals surface area (Å²) in [5.74, 6) is -0.0755. The Morgan fingerprint density at radius 1 is 1.89 bits per heavy atom. The molecule has 1 aliphatic heterocycles. The van der Waals surface area contributed by atoms with Crippen LogP contribution in [-0.2, 0) is 9.53 Å². The summed E-state index contributed by atoms with van der Waals surface area (Å²) in [6.45, 7) is 2.51. The Hall–Kier alpha value is -0.830. The monoisotopic (exact) mass is 127 g/mol. The Morgan fingerprint density at radius 3 is 3.11 bits per heavy atom. The highest BCUT2D eigenvalue weighted by atomic mass is 16.5. The Balaban J connectivity index is 2.32. The van der Waals surface area contributed by atoms with E-state index in [2.05, 4.69) is 5.32 Å². The number of ether oxygens (including phenoxy) is 1. The summed E-state index contributed by atoms with van der Waals surface area (Å²) in [4.78, 5) is 10.5. The molecule has 0 radical (unpaired) electrons. The van der Waals surface area contributed by atoms with E-state index in [4.69, 9.17) is 4.74 Å². The fraction of sp³-hybridized carbons (Fsp3) is 0.500. The summed E-state index contributed by atoms with van der Waals surface area (Å²) < 4.78 is 5.05. The number of amides is 1. The second-order valence-corrected chi connectivity index (χ2v) is 1.74. The Morgan fingerprint density at radius 2 is 2.67 bits per heavy atom. The maximum absolute atomic E-state index is 10.5. The summed E-state index contributed by atoms with van der Waals surface area (Å²) in [7, 11) is 0. The van der Waals surface area contributed by atoms with Crippen molar-refractivity contribution in [2.45, 2.75) is 13.2 Å². The van der Waals surface area contributed by atoms with E-state index in [-0.39, 0.29) is 12.1 Å². The molecule has 1 aliphatic rings. The van der Waals surface area contributed by atoms with E-state index in [0.717, 1.165) is 0 Å². The topological polar surface area (TPSA) is 38.3 Å². The molecule has 0 aromatic heterocycles. The van der Waals surface area contributed by atoms with Crippen molar-refractivity contribution in [1.82, 2.24) is 5.32 Å². The fourth-order valence-electron chi connectivity index (χ4n) is 0.688. The van der Waals surface area contributed by atoms with Crippen molar-refractivity contribution in [2.75, 3.05) is 6.61 Å². The van der Waals surface area contributed by atoms with Gasteiger partial charge >= 0.3 is 0 Å².